The lowest BCUT2D eigenvalue weighted by Gasteiger charge is -2.10. The average Bonchev–Trinajstić information content (AvgIpc) is 2.17. The summed E-state index contributed by atoms with van der Waals surface area (Å²) < 4.78 is 0. The highest BCUT2D eigenvalue weighted by Gasteiger charge is 2.03. The van der Waals surface area contributed by atoms with Gasteiger partial charge in [-0.3, -0.25) is 0 Å². The maximum atomic E-state index is 4.32. The van der Waals surface area contributed by atoms with Crippen LogP contribution in [0.1, 0.15) is 26.3 Å². The van der Waals surface area contributed by atoms with Crippen molar-refractivity contribution in [3.8, 4) is 0 Å². The summed E-state index contributed by atoms with van der Waals surface area (Å²) in [6.07, 6.45) is 1.83. The SMILES string of the molecule is CCNc1ncccc1CSC(C)C. The lowest BCUT2D eigenvalue weighted by atomic mass is 10.3. The van der Waals surface area contributed by atoms with Crippen LogP contribution >= 0.6 is 11.8 Å². The van der Waals surface area contributed by atoms with Crippen LogP contribution in [0.5, 0.6) is 0 Å². The van der Waals surface area contributed by atoms with E-state index in [1.807, 2.05) is 24.0 Å². The van der Waals surface area contributed by atoms with Crippen LogP contribution in [0.2, 0.25) is 0 Å². The van der Waals surface area contributed by atoms with Crippen molar-refractivity contribution in [2.45, 2.75) is 31.8 Å². The van der Waals surface area contributed by atoms with E-state index in [-0.39, 0.29) is 0 Å². The van der Waals surface area contributed by atoms with E-state index in [0.29, 0.717) is 5.25 Å². The van der Waals surface area contributed by atoms with E-state index >= 15 is 0 Å². The molecule has 0 aliphatic carbocycles. The van der Waals surface area contributed by atoms with Crippen LogP contribution in [0.15, 0.2) is 18.3 Å². The molecule has 2 nitrogen and oxygen atoms in total. The normalized spacial score (nSPS) is 10.6. The second-order valence-electron chi connectivity index (χ2n) is 3.40. The average molecular weight is 210 g/mol. The third-order valence-electron chi connectivity index (χ3n) is 1.81. The predicted molar refractivity (Wildman–Crippen MR) is 64.8 cm³/mol. The van der Waals surface area contributed by atoms with Gasteiger partial charge in [-0.1, -0.05) is 19.9 Å². The molecule has 0 saturated carbocycles. The lowest BCUT2D eigenvalue weighted by Crippen LogP contribution is -2.02. The van der Waals surface area contributed by atoms with Gasteiger partial charge in [-0.2, -0.15) is 11.8 Å². The molecule has 78 valence electrons. The summed E-state index contributed by atoms with van der Waals surface area (Å²) >= 11 is 1.94. The number of anilines is 1. The molecule has 1 rings (SSSR count). The number of nitrogens with zero attached hydrogens (tertiary/aromatic N) is 1. The zero-order valence-corrected chi connectivity index (χ0v) is 9.90. The molecule has 0 aliphatic rings. The van der Waals surface area contributed by atoms with E-state index < -0.39 is 0 Å². The largest absolute Gasteiger partial charge is 0.370 e. The lowest BCUT2D eigenvalue weighted by molar-refractivity contribution is 1.10. The van der Waals surface area contributed by atoms with Crippen LogP contribution < -0.4 is 5.32 Å². The number of thioether (sulfide) groups is 1. The van der Waals surface area contributed by atoms with Crippen LogP contribution in [-0.4, -0.2) is 16.8 Å². The fourth-order valence-electron chi connectivity index (χ4n) is 1.14. The number of hydrogen-bond donors (Lipinski definition) is 1. The van der Waals surface area contributed by atoms with Gasteiger partial charge in [-0.25, -0.2) is 4.98 Å². The molecule has 1 aromatic heterocycles. The molecule has 0 aromatic carbocycles. The Hall–Kier alpha value is -0.700. The molecule has 0 fully saturated rings. The fourth-order valence-corrected chi connectivity index (χ4v) is 1.88. The second kappa shape index (κ2) is 5.91. The molecule has 14 heavy (non-hydrogen) atoms. The van der Waals surface area contributed by atoms with E-state index in [0.717, 1.165) is 18.1 Å². The van der Waals surface area contributed by atoms with Gasteiger partial charge in [0.05, 0.1) is 0 Å². The van der Waals surface area contributed by atoms with Gasteiger partial charge in [0.25, 0.3) is 0 Å². The molecule has 0 unspecified atom stereocenters. The van der Waals surface area contributed by atoms with Crippen molar-refractivity contribution in [2.24, 2.45) is 0 Å². The Morgan fingerprint density at radius 2 is 2.29 bits per heavy atom. The number of hydrogen-bond acceptors (Lipinski definition) is 3. The smallest absolute Gasteiger partial charge is 0.129 e. The van der Waals surface area contributed by atoms with Gasteiger partial charge in [0.15, 0.2) is 0 Å². The number of rotatable bonds is 5. The van der Waals surface area contributed by atoms with Crippen molar-refractivity contribution in [3.05, 3.63) is 23.9 Å². The van der Waals surface area contributed by atoms with E-state index in [1.165, 1.54) is 5.56 Å². The Bertz CT molecular complexity index is 274. The van der Waals surface area contributed by atoms with Gasteiger partial charge >= 0.3 is 0 Å². The first kappa shape index (κ1) is 11.4. The summed E-state index contributed by atoms with van der Waals surface area (Å²) in [5.74, 6) is 2.07. The van der Waals surface area contributed by atoms with Gasteiger partial charge < -0.3 is 5.32 Å². The highest BCUT2D eigenvalue weighted by atomic mass is 32.2. The molecule has 0 saturated heterocycles. The fraction of sp³-hybridized carbons (Fsp3) is 0.545. The summed E-state index contributed by atoms with van der Waals surface area (Å²) in [5.41, 5.74) is 1.30. The Kier molecular flexibility index (Phi) is 4.80. The zero-order chi connectivity index (χ0) is 10.4. The molecule has 1 aromatic rings. The molecule has 0 radical (unpaired) electrons. The van der Waals surface area contributed by atoms with Gasteiger partial charge in [0.2, 0.25) is 0 Å². The molecule has 0 amide bonds. The van der Waals surface area contributed by atoms with Crippen molar-refractivity contribution in [1.29, 1.82) is 0 Å². The summed E-state index contributed by atoms with van der Waals surface area (Å²) in [5, 5.41) is 3.95. The minimum absolute atomic E-state index is 0.671. The highest BCUT2D eigenvalue weighted by molar-refractivity contribution is 7.99. The third-order valence-corrected chi connectivity index (χ3v) is 2.95. The van der Waals surface area contributed by atoms with Gasteiger partial charge in [-0.15, -0.1) is 0 Å². The van der Waals surface area contributed by atoms with E-state index in [4.69, 9.17) is 0 Å². The number of aromatic nitrogens is 1. The maximum Gasteiger partial charge on any atom is 0.129 e. The quantitative estimate of drug-likeness (QED) is 0.808. The summed E-state index contributed by atoms with van der Waals surface area (Å²) in [4.78, 5) is 4.32. The Balaban J connectivity index is 2.64. The van der Waals surface area contributed by atoms with Crippen molar-refractivity contribution in [1.82, 2.24) is 4.98 Å². The van der Waals surface area contributed by atoms with Crippen molar-refractivity contribution < 1.29 is 0 Å². The van der Waals surface area contributed by atoms with Crippen LogP contribution in [0.4, 0.5) is 5.82 Å². The molecule has 0 aliphatic heterocycles. The molecule has 1 heterocycles. The summed E-state index contributed by atoms with van der Waals surface area (Å²) in [7, 11) is 0. The van der Waals surface area contributed by atoms with Crippen LogP contribution in [0, 0.1) is 0 Å². The van der Waals surface area contributed by atoms with Crippen LogP contribution in [0.25, 0.3) is 0 Å². The number of nitrogens with one attached hydrogen (secondary N) is 1. The standard InChI is InChI=1S/C11H18N2S/c1-4-12-11-10(6-5-7-13-11)8-14-9(2)3/h5-7,9H,4,8H2,1-3H3,(H,12,13). The minimum atomic E-state index is 0.671. The first-order valence-corrected chi connectivity index (χ1v) is 6.08. The Morgan fingerprint density at radius 1 is 1.50 bits per heavy atom. The van der Waals surface area contributed by atoms with Gasteiger partial charge in [0.1, 0.15) is 5.82 Å². The van der Waals surface area contributed by atoms with Gasteiger partial charge in [0, 0.05) is 24.1 Å². The molecule has 0 spiro atoms. The van der Waals surface area contributed by atoms with Crippen LogP contribution in [0.3, 0.4) is 0 Å². The monoisotopic (exact) mass is 210 g/mol. The van der Waals surface area contributed by atoms with Crippen LogP contribution in [-0.2, 0) is 5.75 Å². The zero-order valence-electron chi connectivity index (χ0n) is 9.08. The molecule has 0 bridgehead atoms. The second-order valence-corrected chi connectivity index (χ2v) is 4.97. The summed E-state index contributed by atoms with van der Waals surface area (Å²) in [6.45, 7) is 7.45. The van der Waals surface area contributed by atoms with Gasteiger partial charge in [-0.05, 0) is 18.2 Å². The number of pyridine rings is 1. The van der Waals surface area contributed by atoms with E-state index in [2.05, 4.69) is 37.1 Å². The predicted octanol–water partition coefficient (Wildman–Crippen LogP) is 3.16. The topological polar surface area (TPSA) is 24.9 Å². The molecule has 3 heteroatoms. The molecular weight excluding hydrogens is 192 g/mol. The van der Waals surface area contributed by atoms with Crippen molar-refractivity contribution in [2.75, 3.05) is 11.9 Å². The Labute approximate surface area is 90.5 Å². The van der Waals surface area contributed by atoms with E-state index in [9.17, 15) is 0 Å². The van der Waals surface area contributed by atoms with Crippen molar-refractivity contribution >= 4 is 17.6 Å². The molecule has 0 atom stereocenters. The molecule has 1 N–H and O–H groups in total. The highest BCUT2D eigenvalue weighted by Crippen LogP contribution is 2.21. The molecular formula is C11H18N2S. The Morgan fingerprint density at radius 3 is 2.93 bits per heavy atom. The van der Waals surface area contributed by atoms with Crippen molar-refractivity contribution in [3.63, 3.8) is 0 Å². The summed E-state index contributed by atoms with van der Waals surface area (Å²) in [6, 6.07) is 4.14. The van der Waals surface area contributed by atoms with E-state index in [1.54, 1.807) is 0 Å². The maximum absolute atomic E-state index is 4.32. The minimum Gasteiger partial charge on any atom is -0.370 e. The first-order chi connectivity index (χ1) is 6.74. The third kappa shape index (κ3) is 3.58. The first-order valence-electron chi connectivity index (χ1n) is 5.03.